The molecule has 0 saturated carbocycles. The van der Waals surface area contributed by atoms with Crippen molar-refractivity contribution in [3.8, 4) is 0 Å². The van der Waals surface area contributed by atoms with Gasteiger partial charge in [-0.25, -0.2) is 0 Å². The van der Waals surface area contributed by atoms with E-state index in [-0.39, 0.29) is 18.0 Å². The van der Waals surface area contributed by atoms with Gasteiger partial charge in [-0.05, 0) is 26.0 Å². The number of morpholine rings is 1. The van der Waals surface area contributed by atoms with Crippen LogP contribution < -0.4 is 0 Å². The number of carbonyl (C=O) groups is 1. The highest BCUT2D eigenvalue weighted by atomic mass is 16.5. The van der Waals surface area contributed by atoms with E-state index in [0.29, 0.717) is 13.2 Å². The van der Waals surface area contributed by atoms with Crippen molar-refractivity contribution in [1.29, 1.82) is 0 Å². The van der Waals surface area contributed by atoms with Crippen molar-refractivity contribution in [3.63, 3.8) is 0 Å². The topological polar surface area (TPSA) is 29.5 Å². The van der Waals surface area contributed by atoms with Crippen molar-refractivity contribution in [1.82, 2.24) is 4.90 Å². The number of hydrogen-bond acceptors (Lipinski definition) is 2. The Bertz CT molecular complexity index is 353. The number of amides is 1. The molecule has 1 aromatic carbocycles. The van der Waals surface area contributed by atoms with Crippen LogP contribution in [0.1, 0.15) is 24.2 Å². The molecule has 1 aliphatic rings. The Labute approximate surface area is 96.0 Å². The standard InChI is InChI=1S/C13H17NO2/c1-10-8-16-9-11(2)14(10)13(15)12-6-4-3-5-7-12/h3-7,10-11H,8-9H2,1-2H3/t10-,11+. The molecule has 1 heterocycles. The summed E-state index contributed by atoms with van der Waals surface area (Å²) < 4.78 is 5.42. The van der Waals surface area contributed by atoms with E-state index in [2.05, 4.69) is 0 Å². The monoisotopic (exact) mass is 219 g/mol. The predicted octanol–water partition coefficient (Wildman–Crippen LogP) is 1.94. The fraction of sp³-hybridized carbons (Fsp3) is 0.462. The first-order chi connectivity index (χ1) is 7.70. The Hall–Kier alpha value is -1.35. The zero-order valence-corrected chi connectivity index (χ0v) is 9.72. The van der Waals surface area contributed by atoms with E-state index in [0.717, 1.165) is 5.56 Å². The molecule has 1 fully saturated rings. The van der Waals surface area contributed by atoms with Crippen LogP contribution in [-0.4, -0.2) is 36.1 Å². The molecule has 3 nitrogen and oxygen atoms in total. The van der Waals surface area contributed by atoms with Crippen LogP contribution in [0.4, 0.5) is 0 Å². The molecule has 0 bridgehead atoms. The summed E-state index contributed by atoms with van der Waals surface area (Å²) in [4.78, 5) is 14.2. The summed E-state index contributed by atoms with van der Waals surface area (Å²) in [6.07, 6.45) is 0. The molecule has 1 aliphatic heterocycles. The molecule has 3 heteroatoms. The van der Waals surface area contributed by atoms with Gasteiger partial charge in [0.2, 0.25) is 0 Å². The molecule has 1 amide bonds. The molecule has 0 aliphatic carbocycles. The molecule has 1 aromatic rings. The number of ether oxygens (including phenoxy) is 1. The van der Waals surface area contributed by atoms with E-state index in [1.165, 1.54) is 0 Å². The molecule has 0 radical (unpaired) electrons. The molecule has 16 heavy (non-hydrogen) atoms. The summed E-state index contributed by atoms with van der Waals surface area (Å²) >= 11 is 0. The maximum atomic E-state index is 12.3. The predicted molar refractivity (Wildman–Crippen MR) is 62.4 cm³/mol. The smallest absolute Gasteiger partial charge is 0.254 e. The quantitative estimate of drug-likeness (QED) is 0.722. The van der Waals surface area contributed by atoms with Crippen LogP contribution >= 0.6 is 0 Å². The number of carbonyl (C=O) groups excluding carboxylic acids is 1. The maximum absolute atomic E-state index is 12.3. The van der Waals surface area contributed by atoms with Crippen LogP contribution in [-0.2, 0) is 4.74 Å². The second-order valence-electron chi connectivity index (χ2n) is 4.31. The highest BCUT2D eigenvalue weighted by Gasteiger charge is 2.29. The summed E-state index contributed by atoms with van der Waals surface area (Å²) in [6, 6.07) is 9.72. The molecule has 2 atom stereocenters. The second kappa shape index (κ2) is 4.66. The van der Waals surface area contributed by atoms with Gasteiger partial charge in [-0.15, -0.1) is 0 Å². The molecule has 1 saturated heterocycles. The number of nitrogens with zero attached hydrogens (tertiary/aromatic N) is 1. The average molecular weight is 219 g/mol. The van der Waals surface area contributed by atoms with Gasteiger partial charge in [0.15, 0.2) is 0 Å². The zero-order valence-electron chi connectivity index (χ0n) is 9.72. The van der Waals surface area contributed by atoms with Crippen molar-refractivity contribution in [2.24, 2.45) is 0 Å². The Morgan fingerprint density at radius 1 is 1.19 bits per heavy atom. The minimum Gasteiger partial charge on any atom is -0.377 e. The SMILES string of the molecule is C[C@@H]1COC[C@H](C)N1C(=O)c1ccccc1. The third-order valence-electron chi connectivity index (χ3n) is 2.92. The second-order valence-corrected chi connectivity index (χ2v) is 4.31. The van der Waals surface area contributed by atoms with E-state index >= 15 is 0 Å². The van der Waals surface area contributed by atoms with Gasteiger partial charge in [0, 0.05) is 5.56 Å². The van der Waals surface area contributed by atoms with Gasteiger partial charge in [-0.1, -0.05) is 18.2 Å². The van der Waals surface area contributed by atoms with E-state index in [9.17, 15) is 4.79 Å². The van der Waals surface area contributed by atoms with Gasteiger partial charge >= 0.3 is 0 Å². The van der Waals surface area contributed by atoms with E-state index < -0.39 is 0 Å². The van der Waals surface area contributed by atoms with Crippen LogP contribution in [0.2, 0.25) is 0 Å². The average Bonchev–Trinajstić information content (AvgIpc) is 2.30. The van der Waals surface area contributed by atoms with Gasteiger partial charge in [0.05, 0.1) is 25.3 Å². The summed E-state index contributed by atoms with van der Waals surface area (Å²) in [6.45, 7) is 5.30. The van der Waals surface area contributed by atoms with E-state index in [1.54, 1.807) is 0 Å². The maximum Gasteiger partial charge on any atom is 0.254 e. The first kappa shape index (κ1) is 11.1. The summed E-state index contributed by atoms with van der Waals surface area (Å²) in [5.41, 5.74) is 0.753. The third kappa shape index (κ3) is 2.09. The Morgan fingerprint density at radius 2 is 1.75 bits per heavy atom. The Morgan fingerprint density at radius 3 is 2.31 bits per heavy atom. The van der Waals surface area contributed by atoms with Gasteiger partial charge in [-0.2, -0.15) is 0 Å². The lowest BCUT2D eigenvalue weighted by Crippen LogP contribution is -2.52. The molecule has 0 N–H and O–H groups in total. The lowest BCUT2D eigenvalue weighted by molar-refractivity contribution is -0.0249. The van der Waals surface area contributed by atoms with Crippen LogP contribution in [0.3, 0.4) is 0 Å². The molecular weight excluding hydrogens is 202 g/mol. The summed E-state index contributed by atoms with van der Waals surface area (Å²) in [5.74, 6) is 0.101. The van der Waals surface area contributed by atoms with Gasteiger partial charge < -0.3 is 9.64 Å². The Kier molecular flexibility index (Phi) is 3.25. The van der Waals surface area contributed by atoms with Crippen molar-refractivity contribution in [3.05, 3.63) is 35.9 Å². The minimum atomic E-state index is 0.101. The molecule has 2 rings (SSSR count). The minimum absolute atomic E-state index is 0.101. The van der Waals surface area contributed by atoms with E-state index in [1.807, 2.05) is 49.1 Å². The van der Waals surface area contributed by atoms with Crippen molar-refractivity contribution >= 4 is 5.91 Å². The summed E-state index contributed by atoms with van der Waals surface area (Å²) in [7, 11) is 0. The van der Waals surface area contributed by atoms with E-state index in [4.69, 9.17) is 4.74 Å². The van der Waals surface area contributed by atoms with Crippen LogP contribution in [0.5, 0.6) is 0 Å². The summed E-state index contributed by atoms with van der Waals surface area (Å²) in [5, 5.41) is 0. The molecule has 0 aromatic heterocycles. The van der Waals surface area contributed by atoms with Gasteiger partial charge in [-0.3, -0.25) is 4.79 Å². The largest absolute Gasteiger partial charge is 0.377 e. The van der Waals surface area contributed by atoms with Crippen LogP contribution in [0.15, 0.2) is 30.3 Å². The number of rotatable bonds is 1. The molecule has 0 unspecified atom stereocenters. The lowest BCUT2D eigenvalue weighted by atomic mass is 10.1. The van der Waals surface area contributed by atoms with Crippen LogP contribution in [0.25, 0.3) is 0 Å². The van der Waals surface area contributed by atoms with Crippen molar-refractivity contribution < 1.29 is 9.53 Å². The van der Waals surface area contributed by atoms with Gasteiger partial charge in [0.25, 0.3) is 5.91 Å². The fourth-order valence-electron chi connectivity index (χ4n) is 2.13. The first-order valence-corrected chi connectivity index (χ1v) is 5.65. The fourth-order valence-corrected chi connectivity index (χ4v) is 2.13. The highest BCUT2D eigenvalue weighted by Crippen LogP contribution is 2.16. The Balaban J connectivity index is 2.20. The van der Waals surface area contributed by atoms with Gasteiger partial charge in [0.1, 0.15) is 0 Å². The third-order valence-corrected chi connectivity index (χ3v) is 2.92. The zero-order chi connectivity index (χ0) is 11.5. The highest BCUT2D eigenvalue weighted by molar-refractivity contribution is 5.94. The molecular formula is C13H17NO2. The molecule has 0 spiro atoms. The van der Waals surface area contributed by atoms with Crippen molar-refractivity contribution in [2.75, 3.05) is 13.2 Å². The lowest BCUT2D eigenvalue weighted by Gasteiger charge is -2.38. The number of benzene rings is 1. The number of hydrogen-bond donors (Lipinski definition) is 0. The molecule has 86 valence electrons. The van der Waals surface area contributed by atoms with Crippen LogP contribution in [0, 0.1) is 0 Å². The normalized spacial score (nSPS) is 25.5. The van der Waals surface area contributed by atoms with Crippen molar-refractivity contribution in [2.45, 2.75) is 25.9 Å². The first-order valence-electron chi connectivity index (χ1n) is 5.65.